The molecule has 1 rings (SSSR count). The zero-order valence-corrected chi connectivity index (χ0v) is 18.8. The van der Waals surface area contributed by atoms with Crippen molar-refractivity contribution in [2.45, 2.75) is 52.4 Å². The number of halogens is 1. The van der Waals surface area contributed by atoms with Crippen LogP contribution in [0.2, 0.25) is 18.1 Å². The van der Waals surface area contributed by atoms with Crippen LogP contribution in [0.25, 0.3) is 0 Å². The van der Waals surface area contributed by atoms with Gasteiger partial charge in [-0.05, 0) is 17.9 Å². The van der Waals surface area contributed by atoms with Gasteiger partial charge in [-0.1, -0.05) is 67.0 Å². The Balaban J connectivity index is 2.97. The molecule has 0 aliphatic rings. The Labute approximate surface area is 160 Å². The molecular weight excluding hydrogens is 400 g/mol. The summed E-state index contributed by atoms with van der Waals surface area (Å²) >= 11 is 5.33. The highest BCUT2D eigenvalue weighted by Crippen LogP contribution is 2.24. The molecule has 1 aromatic rings. The second kappa shape index (κ2) is 10.4. The molecule has 6 heteroatoms. The van der Waals surface area contributed by atoms with Gasteiger partial charge >= 0.3 is 0 Å². The molecule has 0 aliphatic heterocycles. The number of rotatable bonds is 8. The fourth-order valence-corrected chi connectivity index (χ4v) is 6.50. The van der Waals surface area contributed by atoms with Crippen molar-refractivity contribution >= 4 is 46.7 Å². The summed E-state index contributed by atoms with van der Waals surface area (Å²) in [5.74, 6) is -0.0164. The van der Waals surface area contributed by atoms with E-state index in [4.69, 9.17) is 4.99 Å². The summed E-state index contributed by atoms with van der Waals surface area (Å²) < 4.78 is 1.01. The lowest BCUT2D eigenvalue weighted by Gasteiger charge is -2.26. The van der Waals surface area contributed by atoms with E-state index in [0.717, 1.165) is 26.8 Å². The molecule has 0 fully saturated rings. The maximum Gasteiger partial charge on any atom is 0.217 e. The number of nitrogens with one attached hydrogen (secondary N) is 1. The highest BCUT2D eigenvalue weighted by molar-refractivity contribution is 9.10. The summed E-state index contributed by atoms with van der Waals surface area (Å²) in [6.07, 6.45) is 3.10. The Morgan fingerprint density at radius 1 is 1.25 bits per heavy atom. The fourth-order valence-electron chi connectivity index (χ4n) is 2.64. The maximum atomic E-state index is 11.1. The summed E-state index contributed by atoms with van der Waals surface area (Å²) in [7, 11) is -1.24. The fraction of sp³-hybridized carbons (Fsp3) is 0.556. The van der Waals surface area contributed by atoms with Gasteiger partial charge in [-0.15, -0.1) is 11.8 Å². The molecule has 0 aromatic heterocycles. The number of nitrogens with zero attached hydrogens (tertiary/aromatic N) is 1. The lowest BCUT2D eigenvalue weighted by Crippen LogP contribution is -2.36. The van der Waals surface area contributed by atoms with Gasteiger partial charge in [0.15, 0.2) is 0 Å². The lowest BCUT2D eigenvalue weighted by atomic mass is 10.1. The van der Waals surface area contributed by atoms with E-state index in [1.54, 1.807) is 11.8 Å². The molecule has 0 bridgehead atoms. The maximum absolute atomic E-state index is 11.1. The minimum absolute atomic E-state index is 0.0164. The first-order chi connectivity index (χ1) is 11.4. The molecule has 0 saturated heterocycles. The summed E-state index contributed by atoms with van der Waals surface area (Å²) in [5.41, 5.74) is 2.22. The van der Waals surface area contributed by atoms with Crippen LogP contribution in [0, 0.1) is 0 Å². The first-order valence-electron chi connectivity index (χ1n) is 8.53. The van der Waals surface area contributed by atoms with Gasteiger partial charge in [0.25, 0.3) is 0 Å². The molecule has 134 valence electrons. The van der Waals surface area contributed by atoms with Crippen LogP contribution in [0.4, 0.5) is 0 Å². The molecule has 1 N–H and O–H groups in total. The standard InChI is InChI=1S/C18H29BrN2OSSi/c1-6-24(7-2,8-3)13-21-18(23-5)15-9-10-16(17(19)11-15)12-20-14(4)22/h9-11H,6-8,12-13H2,1-5H3,(H,20,22)/b21-18-. The van der Waals surface area contributed by atoms with Crippen molar-refractivity contribution in [2.75, 3.05) is 12.4 Å². The summed E-state index contributed by atoms with van der Waals surface area (Å²) in [6.45, 7) is 9.04. The second-order valence-electron chi connectivity index (χ2n) is 6.10. The number of hydrogen-bond acceptors (Lipinski definition) is 3. The average molecular weight is 430 g/mol. The molecule has 0 radical (unpaired) electrons. The van der Waals surface area contributed by atoms with Crippen molar-refractivity contribution in [1.29, 1.82) is 0 Å². The first-order valence-corrected chi connectivity index (χ1v) is 13.4. The van der Waals surface area contributed by atoms with Crippen molar-refractivity contribution in [3.8, 4) is 0 Å². The Kier molecular flexibility index (Phi) is 9.30. The van der Waals surface area contributed by atoms with Gasteiger partial charge in [-0.25, -0.2) is 0 Å². The number of carbonyl (C=O) groups is 1. The van der Waals surface area contributed by atoms with E-state index < -0.39 is 8.07 Å². The van der Waals surface area contributed by atoms with Gasteiger partial charge in [-0.2, -0.15) is 0 Å². The molecule has 1 aromatic carbocycles. The van der Waals surface area contributed by atoms with Gasteiger partial charge in [0.05, 0.1) is 13.1 Å². The van der Waals surface area contributed by atoms with Crippen molar-refractivity contribution in [1.82, 2.24) is 5.32 Å². The molecule has 1 amide bonds. The minimum atomic E-state index is -1.24. The van der Waals surface area contributed by atoms with Crippen molar-refractivity contribution in [3.63, 3.8) is 0 Å². The molecule has 0 atom stereocenters. The normalized spacial score (nSPS) is 12.3. The van der Waals surface area contributed by atoms with Crippen LogP contribution < -0.4 is 5.32 Å². The Hall–Kier alpha value is -0.593. The molecule has 0 unspecified atom stereocenters. The van der Waals surface area contributed by atoms with Crippen LogP contribution in [0.1, 0.15) is 38.8 Å². The van der Waals surface area contributed by atoms with Crippen LogP contribution in [0.5, 0.6) is 0 Å². The third-order valence-electron chi connectivity index (χ3n) is 4.83. The van der Waals surface area contributed by atoms with Crippen LogP contribution in [0.3, 0.4) is 0 Å². The average Bonchev–Trinajstić information content (AvgIpc) is 2.58. The van der Waals surface area contributed by atoms with Crippen molar-refractivity contribution < 1.29 is 4.79 Å². The number of hydrogen-bond donors (Lipinski definition) is 1. The third-order valence-corrected chi connectivity index (χ3v) is 11.6. The quantitative estimate of drug-likeness (QED) is 0.349. The molecule has 3 nitrogen and oxygen atoms in total. The topological polar surface area (TPSA) is 41.5 Å². The predicted octanol–water partition coefficient (Wildman–Crippen LogP) is 5.24. The van der Waals surface area contributed by atoms with Gasteiger partial charge in [0.2, 0.25) is 5.91 Å². The number of benzene rings is 1. The number of aliphatic imine (C=N–C) groups is 1. The Morgan fingerprint density at radius 2 is 1.88 bits per heavy atom. The molecule has 0 aliphatic carbocycles. The second-order valence-corrected chi connectivity index (χ2v) is 13.2. The zero-order valence-electron chi connectivity index (χ0n) is 15.4. The first kappa shape index (κ1) is 21.4. The van der Waals surface area contributed by atoms with Gasteiger partial charge in [0.1, 0.15) is 0 Å². The van der Waals surface area contributed by atoms with Crippen LogP contribution in [0.15, 0.2) is 27.7 Å². The summed E-state index contributed by atoms with van der Waals surface area (Å²) in [6, 6.07) is 10.2. The predicted molar refractivity (Wildman–Crippen MR) is 114 cm³/mol. The van der Waals surface area contributed by atoms with Crippen LogP contribution in [-0.4, -0.2) is 31.4 Å². The van der Waals surface area contributed by atoms with E-state index in [9.17, 15) is 4.79 Å². The SMILES string of the molecule is CC[Si](CC)(CC)C/N=C(\SC)c1ccc(CNC(C)=O)c(Br)c1. The van der Waals surface area contributed by atoms with E-state index >= 15 is 0 Å². The number of thioether (sulfide) groups is 1. The van der Waals surface area contributed by atoms with E-state index in [-0.39, 0.29) is 5.91 Å². The monoisotopic (exact) mass is 428 g/mol. The molecule has 0 saturated carbocycles. The van der Waals surface area contributed by atoms with Gasteiger partial charge in [-0.3, -0.25) is 9.79 Å². The summed E-state index contributed by atoms with van der Waals surface area (Å²) in [4.78, 5) is 16.1. The van der Waals surface area contributed by atoms with E-state index in [1.807, 2.05) is 0 Å². The molecule has 0 heterocycles. The van der Waals surface area contributed by atoms with Crippen molar-refractivity contribution in [3.05, 3.63) is 33.8 Å². The number of amides is 1. The van der Waals surface area contributed by atoms with Gasteiger partial charge < -0.3 is 5.32 Å². The van der Waals surface area contributed by atoms with Crippen LogP contribution in [-0.2, 0) is 11.3 Å². The highest BCUT2D eigenvalue weighted by atomic mass is 79.9. The summed E-state index contributed by atoms with van der Waals surface area (Å²) in [5, 5.41) is 3.94. The molecule has 24 heavy (non-hydrogen) atoms. The third kappa shape index (κ3) is 6.04. The Morgan fingerprint density at radius 3 is 2.33 bits per heavy atom. The lowest BCUT2D eigenvalue weighted by molar-refractivity contribution is -0.119. The Bertz CT molecular complexity index is 580. The minimum Gasteiger partial charge on any atom is -0.352 e. The van der Waals surface area contributed by atoms with E-state index in [2.05, 4.69) is 66.5 Å². The number of carbonyl (C=O) groups excluding carboxylic acids is 1. The molecule has 0 spiro atoms. The van der Waals surface area contributed by atoms with E-state index in [0.29, 0.717) is 6.54 Å². The van der Waals surface area contributed by atoms with Crippen LogP contribution >= 0.6 is 27.7 Å². The zero-order chi connectivity index (χ0) is 18.2. The highest BCUT2D eigenvalue weighted by Gasteiger charge is 2.26. The largest absolute Gasteiger partial charge is 0.352 e. The van der Waals surface area contributed by atoms with Crippen molar-refractivity contribution in [2.24, 2.45) is 4.99 Å². The molecular formula is C18H29BrN2OSSi. The smallest absolute Gasteiger partial charge is 0.217 e. The van der Waals surface area contributed by atoms with Gasteiger partial charge in [0, 0.05) is 29.7 Å². The van der Waals surface area contributed by atoms with E-state index in [1.165, 1.54) is 25.1 Å².